The van der Waals surface area contributed by atoms with Crippen molar-refractivity contribution in [3.8, 4) is 5.75 Å². The second-order valence-electron chi connectivity index (χ2n) is 5.73. The molecule has 1 saturated heterocycles. The summed E-state index contributed by atoms with van der Waals surface area (Å²) in [5.41, 5.74) is 0.767. The van der Waals surface area contributed by atoms with Crippen molar-refractivity contribution in [1.82, 2.24) is 4.90 Å². The van der Waals surface area contributed by atoms with E-state index in [1.165, 1.54) is 0 Å². The van der Waals surface area contributed by atoms with E-state index in [1.54, 1.807) is 7.11 Å². The minimum absolute atomic E-state index is 0.105. The fourth-order valence-electron chi connectivity index (χ4n) is 2.80. The van der Waals surface area contributed by atoms with Gasteiger partial charge in [0.1, 0.15) is 5.75 Å². The SMILES string of the molecule is CCC(O)CN1CCC(C(=O)c2ccc(OC)cc2)CC1. The molecule has 21 heavy (non-hydrogen) atoms. The van der Waals surface area contributed by atoms with Gasteiger partial charge in [-0.1, -0.05) is 6.92 Å². The van der Waals surface area contributed by atoms with Crippen LogP contribution in [-0.2, 0) is 0 Å². The van der Waals surface area contributed by atoms with E-state index in [1.807, 2.05) is 31.2 Å². The molecule has 1 aromatic rings. The van der Waals surface area contributed by atoms with Gasteiger partial charge in [0.25, 0.3) is 0 Å². The molecule has 1 atom stereocenters. The Morgan fingerprint density at radius 3 is 2.48 bits per heavy atom. The van der Waals surface area contributed by atoms with Crippen molar-refractivity contribution in [3.05, 3.63) is 29.8 Å². The Morgan fingerprint density at radius 1 is 1.33 bits per heavy atom. The second kappa shape index (κ2) is 7.57. The average Bonchev–Trinajstić information content (AvgIpc) is 2.55. The predicted molar refractivity (Wildman–Crippen MR) is 82.8 cm³/mol. The number of hydrogen-bond acceptors (Lipinski definition) is 4. The molecule has 1 aromatic carbocycles. The van der Waals surface area contributed by atoms with Crippen molar-refractivity contribution < 1.29 is 14.6 Å². The maximum atomic E-state index is 12.5. The lowest BCUT2D eigenvalue weighted by molar-refractivity contribution is 0.0719. The summed E-state index contributed by atoms with van der Waals surface area (Å²) >= 11 is 0. The number of likely N-dealkylation sites (tertiary alicyclic amines) is 1. The number of benzene rings is 1. The van der Waals surface area contributed by atoms with E-state index in [2.05, 4.69) is 4.90 Å². The second-order valence-corrected chi connectivity index (χ2v) is 5.73. The molecular formula is C17H25NO3. The van der Waals surface area contributed by atoms with Crippen LogP contribution in [0.15, 0.2) is 24.3 Å². The molecule has 0 radical (unpaired) electrons. The molecule has 2 rings (SSSR count). The standard InChI is InChI=1S/C17H25NO3/c1-3-15(19)12-18-10-8-14(9-11-18)17(20)13-4-6-16(21-2)7-5-13/h4-7,14-15,19H,3,8-12H2,1-2H3. The predicted octanol–water partition coefficient (Wildman–Crippen LogP) is 2.36. The monoisotopic (exact) mass is 291 g/mol. The molecule has 0 spiro atoms. The third-order valence-corrected chi connectivity index (χ3v) is 4.27. The lowest BCUT2D eigenvalue weighted by Crippen LogP contribution is -2.40. The van der Waals surface area contributed by atoms with Gasteiger partial charge in [-0.25, -0.2) is 0 Å². The van der Waals surface area contributed by atoms with Crippen LogP contribution in [0.2, 0.25) is 0 Å². The van der Waals surface area contributed by atoms with Gasteiger partial charge in [-0.05, 0) is 56.6 Å². The Kier molecular flexibility index (Phi) is 5.76. The highest BCUT2D eigenvalue weighted by molar-refractivity contribution is 5.98. The van der Waals surface area contributed by atoms with Crippen molar-refractivity contribution in [1.29, 1.82) is 0 Å². The van der Waals surface area contributed by atoms with Crippen LogP contribution in [-0.4, -0.2) is 48.6 Å². The van der Waals surface area contributed by atoms with E-state index in [-0.39, 0.29) is 17.8 Å². The maximum absolute atomic E-state index is 12.5. The summed E-state index contributed by atoms with van der Waals surface area (Å²) in [5.74, 6) is 1.11. The van der Waals surface area contributed by atoms with E-state index >= 15 is 0 Å². The maximum Gasteiger partial charge on any atom is 0.166 e. The number of ether oxygens (including phenoxy) is 1. The number of ketones is 1. The topological polar surface area (TPSA) is 49.8 Å². The molecule has 0 bridgehead atoms. The van der Waals surface area contributed by atoms with Gasteiger partial charge in [-0.3, -0.25) is 4.79 Å². The number of aliphatic hydroxyl groups excluding tert-OH is 1. The van der Waals surface area contributed by atoms with Gasteiger partial charge in [0.15, 0.2) is 5.78 Å². The molecular weight excluding hydrogens is 266 g/mol. The number of Topliss-reactive ketones (excluding diaryl/α,β-unsaturated/α-hetero) is 1. The van der Waals surface area contributed by atoms with Crippen LogP contribution < -0.4 is 4.74 Å². The Balaban J connectivity index is 1.87. The van der Waals surface area contributed by atoms with Crippen molar-refractivity contribution in [3.63, 3.8) is 0 Å². The summed E-state index contributed by atoms with van der Waals surface area (Å²) < 4.78 is 5.11. The first-order valence-electron chi connectivity index (χ1n) is 7.72. The molecule has 1 unspecified atom stereocenters. The first kappa shape index (κ1) is 16.0. The van der Waals surface area contributed by atoms with Crippen molar-refractivity contribution >= 4 is 5.78 Å². The number of β-amino-alcohol motifs (C(OH)–C–C–N with tert-alkyl or cyclic N) is 1. The van der Waals surface area contributed by atoms with Gasteiger partial charge in [-0.2, -0.15) is 0 Å². The molecule has 1 heterocycles. The number of piperidine rings is 1. The largest absolute Gasteiger partial charge is 0.497 e. The summed E-state index contributed by atoms with van der Waals surface area (Å²) in [7, 11) is 1.62. The molecule has 0 amide bonds. The van der Waals surface area contributed by atoms with E-state index in [4.69, 9.17) is 4.74 Å². The fourth-order valence-corrected chi connectivity index (χ4v) is 2.80. The minimum atomic E-state index is -0.251. The summed E-state index contributed by atoms with van der Waals surface area (Å²) in [6.07, 6.45) is 2.28. The molecule has 116 valence electrons. The Morgan fingerprint density at radius 2 is 1.95 bits per heavy atom. The van der Waals surface area contributed by atoms with Crippen LogP contribution in [0.1, 0.15) is 36.5 Å². The number of methoxy groups -OCH3 is 1. The van der Waals surface area contributed by atoms with Crippen LogP contribution in [0.5, 0.6) is 5.75 Å². The number of aliphatic hydroxyl groups is 1. The van der Waals surface area contributed by atoms with Gasteiger partial charge < -0.3 is 14.7 Å². The van der Waals surface area contributed by atoms with Crippen molar-refractivity contribution in [2.75, 3.05) is 26.7 Å². The Hall–Kier alpha value is -1.39. The van der Waals surface area contributed by atoms with Crippen LogP contribution in [0, 0.1) is 5.92 Å². The van der Waals surface area contributed by atoms with Gasteiger partial charge in [-0.15, -0.1) is 0 Å². The van der Waals surface area contributed by atoms with Gasteiger partial charge in [0.2, 0.25) is 0 Å². The number of rotatable bonds is 6. The smallest absolute Gasteiger partial charge is 0.166 e. The minimum Gasteiger partial charge on any atom is -0.497 e. The van der Waals surface area contributed by atoms with Gasteiger partial charge >= 0.3 is 0 Å². The molecule has 0 aliphatic carbocycles. The third-order valence-electron chi connectivity index (χ3n) is 4.27. The highest BCUT2D eigenvalue weighted by Crippen LogP contribution is 2.23. The van der Waals surface area contributed by atoms with E-state index < -0.39 is 0 Å². The van der Waals surface area contributed by atoms with Gasteiger partial charge in [0, 0.05) is 18.0 Å². The number of nitrogens with zero attached hydrogens (tertiary/aromatic N) is 1. The molecule has 0 aromatic heterocycles. The lowest BCUT2D eigenvalue weighted by atomic mass is 9.88. The van der Waals surface area contributed by atoms with Crippen LogP contribution in [0.25, 0.3) is 0 Å². The number of hydrogen-bond donors (Lipinski definition) is 1. The highest BCUT2D eigenvalue weighted by Gasteiger charge is 2.26. The zero-order valence-corrected chi connectivity index (χ0v) is 12.9. The lowest BCUT2D eigenvalue weighted by Gasteiger charge is -2.32. The Labute approximate surface area is 126 Å². The zero-order valence-electron chi connectivity index (χ0n) is 12.9. The van der Waals surface area contributed by atoms with E-state index in [0.29, 0.717) is 0 Å². The highest BCUT2D eigenvalue weighted by atomic mass is 16.5. The van der Waals surface area contributed by atoms with Crippen molar-refractivity contribution in [2.24, 2.45) is 5.92 Å². The molecule has 1 aliphatic rings. The normalized spacial score (nSPS) is 18.4. The zero-order chi connectivity index (χ0) is 15.2. The first-order valence-corrected chi connectivity index (χ1v) is 7.72. The van der Waals surface area contributed by atoms with Crippen LogP contribution in [0.3, 0.4) is 0 Å². The molecule has 1 aliphatic heterocycles. The summed E-state index contributed by atoms with van der Waals surface area (Å²) in [5, 5.41) is 9.69. The van der Waals surface area contributed by atoms with Gasteiger partial charge in [0.05, 0.1) is 13.2 Å². The first-order chi connectivity index (χ1) is 10.1. The molecule has 1 fully saturated rings. The Bertz CT molecular complexity index is 450. The quantitative estimate of drug-likeness (QED) is 0.818. The number of carbonyl (C=O) groups is 1. The van der Waals surface area contributed by atoms with Crippen LogP contribution in [0.4, 0.5) is 0 Å². The summed E-state index contributed by atoms with van der Waals surface area (Å²) in [6.45, 7) is 4.50. The molecule has 4 nitrogen and oxygen atoms in total. The molecule has 0 saturated carbocycles. The third kappa shape index (κ3) is 4.29. The molecule has 1 N–H and O–H groups in total. The van der Waals surface area contributed by atoms with E-state index in [0.717, 1.165) is 50.2 Å². The van der Waals surface area contributed by atoms with E-state index in [9.17, 15) is 9.90 Å². The summed E-state index contributed by atoms with van der Waals surface area (Å²) in [4.78, 5) is 14.7. The number of carbonyl (C=O) groups excluding carboxylic acids is 1. The fraction of sp³-hybridized carbons (Fsp3) is 0.588. The van der Waals surface area contributed by atoms with Crippen molar-refractivity contribution in [2.45, 2.75) is 32.3 Å². The molecule has 4 heteroatoms. The van der Waals surface area contributed by atoms with Crippen LogP contribution >= 0.6 is 0 Å². The average molecular weight is 291 g/mol. The summed E-state index contributed by atoms with van der Waals surface area (Å²) in [6, 6.07) is 7.35.